The number of aliphatic imine (C=N–C) groups is 1. The van der Waals surface area contributed by atoms with Gasteiger partial charge < -0.3 is 10.1 Å². The number of nitrogens with one attached hydrogen (secondary N) is 2. The van der Waals surface area contributed by atoms with Gasteiger partial charge >= 0.3 is 0 Å². The fourth-order valence-electron chi connectivity index (χ4n) is 1.00. The molecule has 8 heteroatoms. The first-order valence-corrected chi connectivity index (χ1v) is 5.45. The van der Waals surface area contributed by atoms with E-state index >= 15 is 0 Å². The van der Waals surface area contributed by atoms with Crippen molar-refractivity contribution in [2.24, 2.45) is 4.99 Å². The van der Waals surface area contributed by atoms with Crippen LogP contribution < -0.4 is 5.56 Å². The zero-order chi connectivity index (χ0) is 11.5. The highest BCUT2D eigenvalue weighted by molar-refractivity contribution is 7.71. The van der Waals surface area contributed by atoms with E-state index in [-0.39, 0.29) is 16.2 Å². The maximum atomic E-state index is 11.4. The maximum absolute atomic E-state index is 11.4. The first kappa shape index (κ1) is 10.7. The minimum absolute atomic E-state index is 0.0174. The molecule has 0 saturated heterocycles. The van der Waals surface area contributed by atoms with E-state index in [0.29, 0.717) is 5.13 Å². The molecule has 0 spiro atoms. The van der Waals surface area contributed by atoms with Crippen LogP contribution in [0.1, 0.15) is 5.56 Å². The molecule has 0 saturated carbocycles. The summed E-state index contributed by atoms with van der Waals surface area (Å²) in [6, 6.07) is 0. The van der Waals surface area contributed by atoms with Crippen molar-refractivity contribution in [2.45, 2.75) is 0 Å². The molecule has 0 radical (unpaired) electrons. The van der Waals surface area contributed by atoms with E-state index < -0.39 is 5.56 Å². The average molecular weight is 254 g/mol. The van der Waals surface area contributed by atoms with Crippen LogP contribution in [0.3, 0.4) is 0 Å². The summed E-state index contributed by atoms with van der Waals surface area (Å²) in [6.07, 6.45) is 2.83. The molecule has 0 amide bonds. The van der Waals surface area contributed by atoms with Gasteiger partial charge in [0.05, 0.1) is 0 Å². The molecule has 0 atom stereocenters. The van der Waals surface area contributed by atoms with Crippen molar-refractivity contribution in [2.75, 3.05) is 0 Å². The Hall–Kier alpha value is -1.80. The smallest absolute Gasteiger partial charge is 0.264 e. The quantitative estimate of drug-likeness (QED) is 0.557. The van der Waals surface area contributed by atoms with Crippen molar-refractivity contribution in [3.63, 3.8) is 0 Å². The van der Waals surface area contributed by atoms with E-state index in [0.717, 1.165) is 0 Å². The number of nitrogens with zero attached hydrogens (tertiary/aromatic N) is 2. The normalized spacial score (nSPS) is 11.0. The Morgan fingerprint density at radius 3 is 3.00 bits per heavy atom. The molecule has 0 aromatic carbocycles. The van der Waals surface area contributed by atoms with Crippen LogP contribution in [-0.2, 0) is 0 Å². The van der Waals surface area contributed by atoms with E-state index in [9.17, 15) is 9.90 Å². The summed E-state index contributed by atoms with van der Waals surface area (Å²) in [6.45, 7) is 0. The zero-order valence-electron chi connectivity index (χ0n) is 7.80. The zero-order valence-corrected chi connectivity index (χ0v) is 9.43. The van der Waals surface area contributed by atoms with Gasteiger partial charge in [0, 0.05) is 17.8 Å². The van der Waals surface area contributed by atoms with Gasteiger partial charge in [-0.2, -0.15) is 0 Å². The highest BCUT2D eigenvalue weighted by Gasteiger charge is 2.04. The second kappa shape index (κ2) is 4.37. The van der Waals surface area contributed by atoms with Crippen LogP contribution in [0.25, 0.3) is 0 Å². The summed E-state index contributed by atoms with van der Waals surface area (Å²) in [5.74, 6) is -0.311. The van der Waals surface area contributed by atoms with Crippen LogP contribution in [0.15, 0.2) is 21.4 Å². The molecule has 2 rings (SSSR count). The Morgan fingerprint density at radius 2 is 2.38 bits per heavy atom. The molecule has 6 nitrogen and oxygen atoms in total. The molecule has 3 N–H and O–H groups in total. The van der Waals surface area contributed by atoms with Gasteiger partial charge in [-0.3, -0.25) is 9.78 Å². The average Bonchev–Trinajstić information content (AvgIpc) is 2.68. The Labute approximate surface area is 98.4 Å². The molecule has 16 heavy (non-hydrogen) atoms. The molecule has 0 unspecified atom stereocenters. The lowest BCUT2D eigenvalue weighted by molar-refractivity contribution is 0.449. The van der Waals surface area contributed by atoms with Crippen LogP contribution >= 0.6 is 23.6 Å². The van der Waals surface area contributed by atoms with Crippen molar-refractivity contribution >= 4 is 34.9 Å². The minimum Gasteiger partial charge on any atom is -0.494 e. The van der Waals surface area contributed by atoms with Gasteiger partial charge in [0.2, 0.25) is 11.0 Å². The van der Waals surface area contributed by atoms with E-state index in [1.54, 1.807) is 11.6 Å². The molecule has 0 aliphatic heterocycles. The highest BCUT2D eigenvalue weighted by atomic mass is 32.1. The first-order chi connectivity index (χ1) is 7.66. The lowest BCUT2D eigenvalue weighted by atomic mass is 10.3. The van der Waals surface area contributed by atoms with Crippen molar-refractivity contribution in [3.8, 4) is 5.88 Å². The van der Waals surface area contributed by atoms with E-state index in [1.807, 2.05) is 0 Å². The lowest BCUT2D eigenvalue weighted by Crippen LogP contribution is -2.13. The first-order valence-electron chi connectivity index (χ1n) is 4.16. The van der Waals surface area contributed by atoms with Gasteiger partial charge in [0.25, 0.3) is 5.56 Å². The number of hydrogen-bond acceptors (Lipinski definition) is 6. The molecule has 0 fully saturated rings. The van der Waals surface area contributed by atoms with Gasteiger partial charge in [-0.1, -0.05) is 0 Å². The van der Waals surface area contributed by atoms with Gasteiger partial charge in [0.15, 0.2) is 4.77 Å². The monoisotopic (exact) mass is 254 g/mol. The number of thiazole rings is 1. The second-order valence-electron chi connectivity index (χ2n) is 2.74. The second-order valence-corrected chi connectivity index (χ2v) is 4.02. The van der Waals surface area contributed by atoms with Gasteiger partial charge in [-0.25, -0.2) is 9.98 Å². The lowest BCUT2D eigenvalue weighted by Gasteiger charge is -1.95. The third-order valence-electron chi connectivity index (χ3n) is 1.68. The number of aromatic nitrogens is 3. The molecule has 2 heterocycles. The molecule has 0 aliphatic carbocycles. The summed E-state index contributed by atoms with van der Waals surface area (Å²) >= 11 is 6.01. The SMILES string of the molecule is O=c1[nH]c(=S)[nH]c(O)c1/C=N/c1nccs1. The van der Waals surface area contributed by atoms with E-state index in [1.165, 1.54) is 17.6 Å². The van der Waals surface area contributed by atoms with E-state index in [2.05, 4.69) is 32.2 Å². The summed E-state index contributed by atoms with van der Waals surface area (Å²) in [5, 5.41) is 11.7. The molecule has 2 aromatic rings. The minimum atomic E-state index is -0.499. The molecule has 2 aromatic heterocycles. The van der Waals surface area contributed by atoms with Gasteiger partial charge in [-0.05, 0) is 12.2 Å². The molecule has 0 aliphatic rings. The summed E-state index contributed by atoms with van der Waals surface area (Å²) in [5.41, 5.74) is -0.481. The topological polar surface area (TPSA) is 94.1 Å². The fraction of sp³-hybridized carbons (Fsp3) is 0. The van der Waals surface area contributed by atoms with Gasteiger partial charge in [-0.15, -0.1) is 11.3 Å². The Balaban J connectivity index is 2.43. The number of aromatic hydroxyl groups is 1. The fourth-order valence-corrected chi connectivity index (χ4v) is 1.67. The summed E-state index contributed by atoms with van der Waals surface area (Å²) in [7, 11) is 0. The maximum Gasteiger partial charge on any atom is 0.264 e. The molecule has 82 valence electrons. The van der Waals surface area contributed by atoms with Crippen molar-refractivity contribution in [3.05, 3.63) is 32.3 Å². The van der Waals surface area contributed by atoms with Crippen LogP contribution in [0, 0.1) is 4.77 Å². The third-order valence-corrected chi connectivity index (χ3v) is 2.57. The predicted octanol–water partition coefficient (Wildman–Crippen LogP) is 1.35. The van der Waals surface area contributed by atoms with Gasteiger partial charge in [0.1, 0.15) is 5.56 Å². The molecular formula is C8H6N4O2S2. The Bertz CT molecular complexity index is 626. The number of hydrogen-bond donors (Lipinski definition) is 3. The number of aromatic amines is 2. The van der Waals surface area contributed by atoms with Crippen LogP contribution in [-0.4, -0.2) is 26.3 Å². The van der Waals surface area contributed by atoms with E-state index in [4.69, 9.17) is 0 Å². The third kappa shape index (κ3) is 2.23. The van der Waals surface area contributed by atoms with Crippen LogP contribution in [0.4, 0.5) is 5.13 Å². The molecular weight excluding hydrogens is 248 g/mol. The van der Waals surface area contributed by atoms with Crippen molar-refractivity contribution < 1.29 is 5.11 Å². The largest absolute Gasteiger partial charge is 0.494 e. The highest BCUT2D eigenvalue weighted by Crippen LogP contribution is 2.14. The number of H-pyrrole nitrogens is 2. The van der Waals surface area contributed by atoms with Crippen LogP contribution in [0.2, 0.25) is 0 Å². The Morgan fingerprint density at radius 1 is 1.56 bits per heavy atom. The molecule has 0 bridgehead atoms. The van der Waals surface area contributed by atoms with Crippen molar-refractivity contribution in [1.29, 1.82) is 0 Å². The summed E-state index contributed by atoms with van der Waals surface area (Å²) in [4.78, 5) is 24.0. The van der Waals surface area contributed by atoms with Crippen LogP contribution in [0.5, 0.6) is 5.88 Å². The number of rotatable bonds is 2. The predicted molar refractivity (Wildman–Crippen MR) is 63.3 cm³/mol. The standard InChI is InChI=1S/C8H6N4O2S2/c13-5-4(6(14)12-7(15)11-5)3-10-8-9-1-2-16-8/h1-3H,(H3,11,12,13,14,15)/b10-3+. The van der Waals surface area contributed by atoms with Crippen molar-refractivity contribution in [1.82, 2.24) is 15.0 Å². The summed E-state index contributed by atoms with van der Waals surface area (Å²) < 4.78 is 0.0638. The Kier molecular flexibility index (Phi) is 2.93.